The molecule has 0 amide bonds. The molecule has 0 radical (unpaired) electrons. The van der Waals surface area contributed by atoms with Crippen LogP contribution in [0.3, 0.4) is 0 Å². The molecular weight excluding hydrogens is 285 g/mol. The summed E-state index contributed by atoms with van der Waals surface area (Å²) in [7, 11) is 0. The molecule has 11 heteroatoms. The van der Waals surface area contributed by atoms with Crippen molar-refractivity contribution in [2.24, 2.45) is 5.10 Å². The lowest BCUT2D eigenvalue weighted by molar-refractivity contribution is -0.393. The number of anilines is 1. The van der Waals surface area contributed by atoms with Crippen LogP contribution in [0.4, 0.5) is 30.2 Å². The van der Waals surface area contributed by atoms with Crippen molar-refractivity contribution >= 4 is 22.8 Å². The molecule has 1 aromatic carbocycles. The molecule has 0 aliphatic carbocycles. The standard InChI is InChI=1S/C9H7F3N4O4/c1-5(9(10,11)12)13-14-7-3-2-6(15(17)18)4-8(7)16(19)20/h2-4,14H,1H3. The third-order valence-corrected chi connectivity index (χ3v) is 2.14. The van der Waals surface area contributed by atoms with Gasteiger partial charge in [-0.05, 0) is 13.0 Å². The number of hydrogen-bond donors (Lipinski definition) is 1. The Morgan fingerprint density at radius 3 is 2.30 bits per heavy atom. The highest BCUT2D eigenvalue weighted by molar-refractivity contribution is 5.88. The highest BCUT2D eigenvalue weighted by Gasteiger charge is 2.32. The normalized spacial score (nSPS) is 12.1. The van der Waals surface area contributed by atoms with Gasteiger partial charge in [0.2, 0.25) is 0 Å². The second kappa shape index (κ2) is 5.50. The van der Waals surface area contributed by atoms with E-state index < -0.39 is 33.1 Å². The van der Waals surface area contributed by atoms with Gasteiger partial charge in [-0.1, -0.05) is 0 Å². The maximum absolute atomic E-state index is 12.2. The van der Waals surface area contributed by atoms with Gasteiger partial charge in [-0.15, -0.1) is 0 Å². The smallest absolute Gasteiger partial charge is 0.271 e. The van der Waals surface area contributed by atoms with Gasteiger partial charge in [-0.25, -0.2) is 0 Å². The molecule has 20 heavy (non-hydrogen) atoms. The maximum Gasteiger partial charge on any atom is 0.430 e. The minimum atomic E-state index is -4.68. The van der Waals surface area contributed by atoms with Crippen LogP contribution in [-0.2, 0) is 0 Å². The van der Waals surface area contributed by atoms with E-state index in [2.05, 4.69) is 5.10 Å². The number of benzene rings is 1. The molecule has 0 aliphatic rings. The van der Waals surface area contributed by atoms with Crippen molar-refractivity contribution in [3.8, 4) is 0 Å². The molecule has 0 fully saturated rings. The highest BCUT2D eigenvalue weighted by atomic mass is 19.4. The van der Waals surface area contributed by atoms with Gasteiger partial charge in [0.1, 0.15) is 11.4 Å². The topological polar surface area (TPSA) is 111 Å². The molecule has 0 aliphatic heterocycles. The van der Waals surface area contributed by atoms with Gasteiger partial charge >= 0.3 is 11.9 Å². The summed E-state index contributed by atoms with van der Waals surface area (Å²) in [6.07, 6.45) is -4.68. The second-order valence-corrected chi connectivity index (χ2v) is 3.52. The van der Waals surface area contributed by atoms with Gasteiger partial charge < -0.3 is 0 Å². The Kier molecular flexibility index (Phi) is 4.22. The average Bonchev–Trinajstić information content (AvgIpc) is 2.34. The first kappa shape index (κ1) is 15.3. The largest absolute Gasteiger partial charge is 0.430 e. The van der Waals surface area contributed by atoms with E-state index in [-0.39, 0.29) is 5.69 Å². The fourth-order valence-electron chi connectivity index (χ4n) is 1.09. The van der Waals surface area contributed by atoms with Crippen molar-refractivity contribution < 1.29 is 23.0 Å². The Labute approximate surface area is 109 Å². The van der Waals surface area contributed by atoms with Crippen molar-refractivity contribution in [3.05, 3.63) is 38.4 Å². The molecule has 0 aromatic heterocycles. The fraction of sp³-hybridized carbons (Fsp3) is 0.222. The lowest BCUT2D eigenvalue weighted by Crippen LogP contribution is -2.20. The molecule has 1 aromatic rings. The molecule has 108 valence electrons. The lowest BCUT2D eigenvalue weighted by atomic mass is 10.2. The first-order valence-electron chi connectivity index (χ1n) is 4.93. The van der Waals surface area contributed by atoms with E-state index in [1.54, 1.807) is 0 Å². The zero-order valence-electron chi connectivity index (χ0n) is 9.84. The highest BCUT2D eigenvalue weighted by Crippen LogP contribution is 2.29. The molecule has 0 saturated carbocycles. The fourth-order valence-corrected chi connectivity index (χ4v) is 1.09. The number of alkyl halides is 3. The van der Waals surface area contributed by atoms with Crippen molar-refractivity contribution in [1.82, 2.24) is 0 Å². The molecule has 0 heterocycles. The van der Waals surface area contributed by atoms with E-state index in [9.17, 15) is 33.4 Å². The second-order valence-electron chi connectivity index (χ2n) is 3.52. The first-order chi connectivity index (χ1) is 9.12. The Balaban J connectivity index is 3.13. The van der Waals surface area contributed by atoms with Crippen LogP contribution in [0.15, 0.2) is 23.3 Å². The Morgan fingerprint density at radius 2 is 1.85 bits per heavy atom. The van der Waals surface area contributed by atoms with Crippen molar-refractivity contribution in [2.45, 2.75) is 13.1 Å². The van der Waals surface area contributed by atoms with E-state index in [1.807, 2.05) is 5.43 Å². The Morgan fingerprint density at radius 1 is 1.25 bits per heavy atom. The summed E-state index contributed by atoms with van der Waals surface area (Å²) in [5.74, 6) is 0. The number of nitro benzene ring substituents is 2. The van der Waals surface area contributed by atoms with Crippen molar-refractivity contribution in [2.75, 3.05) is 5.43 Å². The summed E-state index contributed by atoms with van der Waals surface area (Å²) in [5.41, 5.74) is -1.07. The van der Waals surface area contributed by atoms with Crippen LogP contribution in [0.25, 0.3) is 0 Å². The van der Waals surface area contributed by atoms with Gasteiger partial charge in [-0.3, -0.25) is 25.7 Å². The van der Waals surface area contributed by atoms with Gasteiger partial charge in [0.25, 0.3) is 5.69 Å². The molecule has 0 saturated heterocycles. The molecule has 1 rings (SSSR count). The van der Waals surface area contributed by atoms with Crippen LogP contribution in [-0.4, -0.2) is 21.7 Å². The molecule has 0 atom stereocenters. The van der Waals surface area contributed by atoms with E-state index >= 15 is 0 Å². The van der Waals surface area contributed by atoms with Crippen LogP contribution in [0.2, 0.25) is 0 Å². The van der Waals surface area contributed by atoms with Gasteiger partial charge in [0.05, 0.1) is 15.9 Å². The van der Waals surface area contributed by atoms with Crippen LogP contribution in [0.5, 0.6) is 0 Å². The quantitative estimate of drug-likeness (QED) is 0.521. The number of nitrogens with one attached hydrogen (secondary N) is 1. The summed E-state index contributed by atoms with van der Waals surface area (Å²) in [6.45, 7) is 0.671. The third-order valence-electron chi connectivity index (χ3n) is 2.14. The molecule has 0 unspecified atom stereocenters. The van der Waals surface area contributed by atoms with Gasteiger partial charge in [0.15, 0.2) is 0 Å². The summed E-state index contributed by atoms with van der Waals surface area (Å²) < 4.78 is 36.6. The lowest BCUT2D eigenvalue weighted by Gasteiger charge is -2.06. The summed E-state index contributed by atoms with van der Waals surface area (Å²) in [6, 6.07) is 2.44. The maximum atomic E-state index is 12.2. The molecule has 0 bridgehead atoms. The number of rotatable bonds is 4. The van der Waals surface area contributed by atoms with Crippen LogP contribution < -0.4 is 5.43 Å². The zero-order chi connectivity index (χ0) is 15.5. The summed E-state index contributed by atoms with van der Waals surface area (Å²) in [4.78, 5) is 19.4. The van der Waals surface area contributed by atoms with E-state index in [0.29, 0.717) is 13.0 Å². The monoisotopic (exact) mass is 292 g/mol. The number of hydrazone groups is 1. The molecular formula is C9H7F3N4O4. The SMILES string of the molecule is CC(=NNc1ccc([N+](=O)[O-])cc1[N+](=O)[O-])C(F)(F)F. The van der Waals surface area contributed by atoms with Crippen molar-refractivity contribution in [3.63, 3.8) is 0 Å². The zero-order valence-corrected chi connectivity index (χ0v) is 9.84. The third kappa shape index (κ3) is 3.63. The summed E-state index contributed by atoms with van der Waals surface area (Å²) >= 11 is 0. The molecule has 1 N–H and O–H groups in total. The minimum absolute atomic E-state index is 0.385. The van der Waals surface area contributed by atoms with Gasteiger partial charge in [0, 0.05) is 6.07 Å². The number of hydrogen-bond acceptors (Lipinski definition) is 6. The van der Waals surface area contributed by atoms with Crippen LogP contribution >= 0.6 is 0 Å². The number of non-ortho nitro benzene ring substituents is 1. The minimum Gasteiger partial charge on any atom is -0.271 e. The molecule has 8 nitrogen and oxygen atoms in total. The van der Waals surface area contributed by atoms with E-state index in [4.69, 9.17) is 0 Å². The molecule has 0 spiro atoms. The number of nitro groups is 2. The van der Waals surface area contributed by atoms with Crippen molar-refractivity contribution in [1.29, 1.82) is 0 Å². The average molecular weight is 292 g/mol. The van der Waals surface area contributed by atoms with Gasteiger partial charge in [-0.2, -0.15) is 18.3 Å². The van der Waals surface area contributed by atoms with Crippen LogP contribution in [0, 0.1) is 20.2 Å². The predicted molar refractivity (Wildman–Crippen MR) is 62.5 cm³/mol. The van der Waals surface area contributed by atoms with Crippen LogP contribution in [0.1, 0.15) is 6.92 Å². The Hall–Kier alpha value is -2.72. The Bertz CT molecular complexity index is 585. The van der Waals surface area contributed by atoms with E-state index in [1.165, 1.54) is 0 Å². The summed E-state index contributed by atoms with van der Waals surface area (Å²) in [5, 5.41) is 24.1. The van der Waals surface area contributed by atoms with E-state index in [0.717, 1.165) is 12.1 Å². The number of halogens is 3. The predicted octanol–water partition coefficient (Wildman–Crippen LogP) is 2.85. The first-order valence-corrected chi connectivity index (χ1v) is 4.93. The number of nitrogens with zero attached hydrogens (tertiary/aromatic N) is 3.